The Balaban J connectivity index is 2.39. The Morgan fingerprint density at radius 2 is 1.82 bits per heavy atom. The molecule has 0 aliphatic heterocycles. The second-order valence-corrected chi connectivity index (χ2v) is 11.3. The maximum Gasteiger partial charge on any atom is 0.179 e. The minimum Gasteiger partial charge on any atom is -0.468 e. The summed E-state index contributed by atoms with van der Waals surface area (Å²) in [4.78, 5) is 8.43. The molecule has 6 heteroatoms. The molecular weight excluding hydrogens is 294 g/mol. The van der Waals surface area contributed by atoms with Gasteiger partial charge in [-0.25, -0.2) is 4.98 Å². The van der Waals surface area contributed by atoms with Gasteiger partial charge in [-0.2, -0.15) is 0 Å². The van der Waals surface area contributed by atoms with Crippen molar-refractivity contribution in [2.24, 2.45) is 0 Å². The van der Waals surface area contributed by atoms with Crippen molar-refractivity contribution < 1.29 is 9.47 Å². The Bertz CT molecular complexity index is 629. The maximum atomic E-state index is 6.18. The van der Waals surface area contributed by atoms with Crippen molar-refractivity contribution in [1.82, 2.24) is 9.97 Å². The van der Waals surface area contributed by atoms with E-state index in [4.69, 9.17) is 15.2 Å². The summed E-state index contributed by atoms with van der Waals surface area (Å²) in [6.45, 7) is 9.24. The molecule has 5 nitrogen and oxygen atoms in total. The van der Waals surface area contributed by atoms with E-state index in [2.05, 4.69) is 29.6 Å². The summed E-state index contributed by atoms with van der Waals surface area (Å²) in [6, 6.07) is 7.71. The molecular formula is C16H23N3O2Si. The van der Waals surface area contributed by atoms with Crippen molar-refractivity contribution in [3.8, 4) is 17.0 Å². The number of rotatable bonds is 6. The molecule has 0 fully saturated rings. The lowest BCUT2D eigenvalue weighted by Crippen LogP contribution is -2.44. The van der Waals surface area contributed by atoms with Crippen molar-refractivity contribution in [2.45, 2.75) is 32.5 Å². The van der Waals surface area contributed by atoms with Gasteiger partial charge in [-0.1, -0.05) is 31.8 Å². The van der Waals surface area contributed by atoms with Crippen LogP contribution in [-0.2, 0) is 4.74 Å². The number of benzene rings is 1. The third-order valence-electron chi connectivity index (χ3n) is 3.13. The Hall–Kier alpha value is -1.92. The average molecular weight is 317 g/mol. The van der Waals surface area contributed by atoms with Gasteiger partial charge in [-0.3, -0.25) is 4.98 Å². The van der Waals surface area contributed by atoms with Gasteiger partial charge < -0.3 is 15.2 Å². The molecule has 0 saturated carbocycles. The molecule has 0 amide bonds. The number of hydrogen-bond donors (Lipinski definition) is 1. The lowest BCUT2D eigenvalue weighted by molar-refractivity contribution is -0.0230. The largest absolute Gasteiger partial charge is 0.468 e. The standard InChI is InChI=1S/C16H23N3O2Si/c1-5-20-16(22(2,3)4)21-13-9-7-6-8-12(13)14-15(17)19-11-10-18-14/h6-11,16H,5H2,1-4H3,(H2,17,19). The second-order valence-electron chi connectivity index (χ2n) is 6.06. The first-order valence-corrected chi connectivity index (χ1v) is 11.0. The fourth-order valence-electron chi connectivity index (χ4n) is 2.05. The smallest absolute Gasteiger partial charge is 0.179 e. The third-order valence-corrected chi connectivity index (χ3v) is 4.83. The number of para-hydroxylation sites is 1. The highest BCUT2D eigenvalue weighted by molar-refractivity contribution is 6.77. The summed E-state index contributed by atoms with van der Waals surface area (Å²) in [5.41, 5.74) is 7.40. The molecule has 1 unspecified atom stereocenters. The molecule has 2 rings (SSSR count). The van der Waals surface area contributed by atoms with Crippen molar-refractivity contribution in [3.63, 3.8) is 0 Å². The third kappa shape index (κ3) is 3.83. The molecule has 1 heterocycles. The van der Waals surface area contributed by atoms with Crippen LogP contribution in [0.2, 0.25) is 19.6 Å². The van der Waals surface area contributed by atoms with Gasteiger partial charge >= 0.3 is 0 Å². The van der Waals surface area contributed by atoms with E-state index in [9.17, 15) is 0 Å². The van der Waals surface area contributed by atoms with Gasteiger partial charge in [0, 0.05) is 24.6 Å². The van der Waals surface area contributed by atoms with Crippen LogP contribution < -0.4 is 10.5 Å². The minimum atomic E-state index is -1.64. The van der Waals surface area contributed by atoms with Gasteiger partial charge in [0.15, 0.2) is 5.91 Å². The predicted molar refractivity (Wildman–Crippen MR) is 91.3 cm³/mol. The number of anilines is 1. The zero-order chi connectivity index (χ0) is 16.2. The van der Waals surface area contributed by atoms with E-state index >= 15 is 0 Å². The van der Waals surface area contributed by atoms with Crippen LogP contribution in [0.3, 0.4) is 0 Å². The predicted octanol–water partition coefficient (Wildman–Crippen LogP) is 3.34. The number of hydrogen-bond acceptors (Lipinski definition) is 5. The minimum absolute atomic E-state index is 0.225. The summed E-state index contributed by atoms with van der Waals surface area (Å²) >= 11 is 0. The van der Waals surface area contributed by atoms with Gasteiger partial charge in [0.2, 0.25) is 0 Å². The van der Waals surface area contributed by atoms with E-state index in [1.807, 2.05) is 31.2 Å². The maximum absolute atomic E-state index is 6.18. The normalized spacial score (nSPS) is 12.9. The Morgan fingerprint density at radius 1 is 1.14 bits per heavy atom. The van der Waals surface area contributed by atoms with Crippen molar-refractivity contribution >= 4 is 13.9 Å². The Kier molecular flexibility index (Phi) is 5.15. The first-order valence-electron chi connectivity index (χ1n) is 7.37. The van der Waals surface area contributed by atoms with Gasteiger partial charge in [-0.15, -0.1) is 0 Å². The Labute approximate surface area is 132 Å². The van der Waals surface area contributed by atoms with E-state index in [0.717, 1.165) is 11.3 Å². The van der Waals surface area contributed by atoms with Gasteiger partial charge in [-0.05, 0) is 19.1 Å². The quantitative estimate of drug-likeness (QED) is 0.653. The van der Waals surface area contributed by atoms with E-state index < -0.39 is 8.07 Å². The van der Waals surface area contributed by atoms with Gasteiger partial charge in [0.05, 0.1) is 0 Å². The lowest BCUT2D eigenvalue weighted by atomic mass is 10.1. The van der Waals surface area contributed by atoms with E-state index in [1.165, 1.54) is 0 Å². The zero-order valence-corrected chi connectivity index (χ0v) is 14.5. The highest BCUT2D eigenvalue weighted by Crippen LogP contribution is 2.32. The molecule has 0 spiro atoms. The zero-order valence-electron chi connectivity index (χ0n) is 13.5. The molecule has 0 saturated heterocycles. The van der Waals surface area contributed by atoms with Crippen LogP contribution in [0.1, 0.15) is 6.92 Å². The van der Waals surface area contributed by atoms with Crippen LogP contribution in [0.15, 0.2) is 36.7 Å². The molecule has 1 aromatic carbocycles. The van der Waals surface area contributed by atoms with E-state index in [-0.39, 0.29) is 5.91 Å². The number of ether oxygens (including phenoxy) is 2. The fraction of sp³-hybridized carbons (Fsp3) is 0.375. The average Bonchev–Trinajstić information content (AvgIpc) is 2.47. The molecule has 0 bridgehead atoms. The molecule has 0 aliphatic carbocycles. The van der Waals surface area contributed by atoms with Crippen molar-refractivity contribution in [3.05, 3.63) is 36.7 Å². The van der Waals surface area contributed by atoms with Crippen LogP contribution in [0.5, 0.6) is 5.75 Å². The second kappa shape index (κ2) is 6.89. The molecule has 2 N–H and O–H groups in total. The molecule has 22 heavy (non-hydrogen) atoms. The highest BCUT2D eigenvalue weighted by Gasteiger charge is 2.30. The van der Waals surface area contributed by atoms with Crippen LogP contribution >= 0.6 is 0 Å². The summed E-state index contributed by atoms with van der Waals surface area (Å²) < 4.78 is 12.0. The molecule has 2 aromatic rings. The first kappa shape index (κ1) is 16.4. The van der Waals surface area contributed by atoms with Crippen molar-refractivity contribution in [2.75, 3.05) is 12.3 Å². The van der Waals surface area contributed by atoms with Crippen LogP contribution in [0.4, 0.5) is 5.82 Å². The summed E-state index contributed by atoms with van der Waals surface area (Å²) in [5, 5.41) is 0. The van der Waals surface area contributed by atoms with Crippen LogP contribution in [0.25, 0.3) is 11.3 Å². The first-order chi connectivity index (χ1) is 10.4. The molecule has 0 aliphatic rings. The molecule has 1 aromatic heterocycles. The fourth-order valence-corrected chi connectivity index (χ4v) is 3.20. The molecule has 0 radical (unpaired) electrons. The number of aromatic nitrogens is 2. The number of nitrogen functional groups attached to an aromatic ring is 1. The summed E-state index contributed by atoms with van der Waals surface area (Å²) in [5.74, 6) is 0.881. The highest BCUT2D eigenvalue weighted by atomic mass is 28.3. The van der Waals surface area contributed by atoms with E-state index in [0.29, 0.717) is 18.1 Å². The van der Waals surface area contributed by atoms with E-state index in [1.54, 1.807) is 12.4 Å². The topological polar surface area (TPSA) is 70.3 Å². The molecule has 118 valence electrons. The Morgan fingerprint density at radius 3 is 2.45 bits per heavy atom. The number of nitrogens with zero attached hydrogens (tertiary/aromatic N) is 2. The van der Waals surface area contributed by atoms with Gasteiger partial charge in [0.25, 0.3) is 0 Å². The molecule has 1 atom stereocenters. The SMILES string of the molecule is CCOC(Oc1ccccc1-c1nccnc1N)[Si](C)(C)C. The number of nitrogens with two attached hydrogens (primary N) is 1. The van der Waals surface area contributed by atoms with Crippen LogP contribution in [-0.4, -0.2) is 30.6 Å². The van der Waals surface area contributed by atoms with Crippen LogP contribution in [0, 0.1) is 0 Å². The summed E-state index contributed by atoms with van der Waals surface area (Å²) in [7, 11) is -1.64. The van der Waals surface area contributed by atoms with Crippen molar-refractivity contribution in [1.29, 1.82) is 0 Å². The summed E-state index contributed by atoms with van der Waals surface area (Å²) in [6.07, 6.45) is 3.20. The lowest BCUT2D eigenvalue weighted by Gasteiger charge is -2.29. The monoisotopic (exact) mass is 317 g/mol. The van der Waals surface area contributed by atoms with Gasteiger partial charge in [0.1, 0.15) is 25.3 Å².